The molecular formula is C21H20N2O3S2. The van der Waals surface area contributed by atoms with Gasteiger partial charge in [0.15, 0.2) is 16.3 Å². The van der Waals surface area contributed by atoms with Crippen molar-refractivity contribution in [2.24, 2.45) is 4.99 Å². The highest BCUT2D eigenvalue weighted by atomic mass is 32.2. The molecule has 0 atom stereocenters. The van der Waals surface area contributed by atoms with E-state index >= 15 is 0 Å². The van der Waals surface area contributed by atoms with Crippen LogP contribution in [0.3, 0.4) is 0 Å². The topological polar surface area (TPSA) is 52.8 Å². The van der Waals surface area contributed by atoms with E-state index in [4.69, 9.17) is 9.47 Å². The molecule has 7 heteroatoms. The maximum absolute atomic E-state index is 12.7. The number of carbonyl (C=O) groups excluding carboxylic acids is 1. The van der Waals surface area contributed by atoms with Crippen LogP contribution >= 0.6 is 23.1 Å². The van der Waals surface area contributed by atoms with Crippen molar-refractivity contribution in [1.82, 2.24) is 4.57 Å². The zero-order valence-electron chi connectivity index (χ0n) is 15.7. The van der Waals surface area contributed by atoms with Crippen LogP contribution in [0.25, 0.3) is 10.2 Å². The highest BCUT2D eigenvalue weighted by Crippen LogP contribution is 2.37. The first-order valence-electron chi connectivity index (χ1n) is 8.95. The van der Waals surface area contributed by atoms with E-state index in [2.05, 4.69) is 25.4 Å². The molecule has 0 fully saturated rings. The van der Waals surface area contributed by atoms with E-state index in [-0.39, 0.29) is 12.7 Å². The Morgan fingerprint density at radius 2 is 2.00 bits per heavy atom. The second-order valence-corrected chi connectivity index (χ2v) is 9.22. The number of amides is 1. The molecule has 1 amide bonds. The first-order chi connectivity index (χ1) is 13.5. The van der Waals surface area contributed by atoms with Crippen molar-refractivity contribution in [1.29, 1.82) is 0 Å². The van der Waals surface area contributed by atoms with E-state index in [0.717, 1.165) is 20.9 Å². The van der Waals surface area contributed by atoms with Gasteiger partial charge in [0, 0.05) is 34.4 Å². The molecule has 0 spiro atoms. The van der Waals surface area contributed by atoms with Gasteiger partial charge in [-0.05, 0) is 24.3 Å². The van der Waals surface area contributed by atoms with Crippen molar-refractivity contribution in [2.45, 2.75) is 30.5 Å². The van der Waals surface area contributed by atoms with Gasteiger partial charge in [0.05, 0.1) is 10.2 Å². The summed E-state index contributed by atoms with van der Waals surface area (Å²) < 4.78 is 13.9. The molecule has 1 aromatic heterocycles. The van der Waals surface area contributed by atoms with Gasteiger partial charge in [-0.3, -0.25) is 4.79 Å². The van der Waals surface area contributed by atoms with Crippen molar-refractivity contribution < 1.29 is 14.3 Å². The van der Waals surface area contributed by atoms with Gasteiger partial charge in [0.1, 0.15) is 0 Å². The zero-order chi connectivity index (χ0) is 19.7. The number of hydrogen-bond donors (Lipinski definition) is 0. The van der Waals surface area contributed by atoms with Crippen LogP contribution in [0.2, 0.25) is 0 Å². The molecule has 144 valence electrons. The SMILES string of the molecule is C=CCn1c(=NC(=O)c2ccc(SC(C)C)cc2)sc2cc3c(cc21)OCO3. The third-order valence-corrected chi connectivity index (χ3v) is 6.22. The van der Waals surface area contributed by atoms with Gasteiger partial charge < -0.3 is 14.0 Å². The first kappa shape index (κ1) is 18.8. The Morgan fingerprint density at radius 3 is 2.68 bits per heavy atom. The third kappa shape index (κ3) is 3.72. The summed E-state index contributed by atoms with van der Waals surface area (Å²) in [6.45, 7) is 8.90. The Morgan fingerprint density at radius 1 is 1.29 bits per heavy atom. The minimum absolute atomic E-state index is 0.231. The maximum atomic E-state index is 12.7. The molecule has 1 aliphatic heterocycles. The van der Waals surface area contributed by atoms with Crippen molar-refractivity contribution in [2.75, 3.05) is 6.79 Å². The Labute approximate surface area is 171 Å². The van der Waals surface area contributed by atoms with Gasteiger partial charge in [-0.1, -0.05) is 31.3 Å². The molecule has 2 aromatic carbocycles. The van der Waals surface area contributed by atoms with Crippen molar-refractivity contribution >= 4 is 39.2 Å². The van der Waals surface area contributed by atoms with Crippen molar-refractivity contribution in [3.63, 3.8) is 0 Å². The minimum Gasteiger partial charge on any atom is -0.454 e. The number of rotatable bonds is 5. The summed E-state index contributed by atoms with van der Waals surface area (Å²) in [7, 11) is 0. The largest absolute Gasteiger partial charge is 0.454 e. The Kier molecular flexibility index (Phi) is 5.28. The number of fused-ring (bicyclic) bond motifs is 2. The summed E-state index contributed by atoms with van der Waals surface area (Å²) in [4.78, 5) is 18.9. The van der Waals surface area contributed by atoms with Gasteiger partial charge in [0.25, 0.3) is 5.91 Å². The predicted octanol–water partition coefficient (Wildman–Crippen LogP) is 4.86. The minimum atomic E-state index is -0.259. The molecule has 3 aromatic rings. The lowest BCUT2D eigenvalue weighted by Crippen LogP contribution is -2.16. The number of nitrogens with zero attached hydrogens (tertiary/aromatic N) is 2. The monoisotopic (exact) mass is 412 g/mol. The summed E-state index contributed by atoms with van der Waals surface area (Å²) in [6.07, 6.45) is 1.79. The van der Waals surface area contributed by atoms with Crippen LogP contribution in [0.5, 0.6) is 11.5 Å². The Balaban J connectivity index is 1.72. The number of carbonyl (C=O) groups is 1. The van der Waals surface area contributed by atoms with Crippen LogP contribution in [-0.4, -0.2) is 22.5 Å². The average Bonchev–Trinajstić information content (AvgIpc) is 3.24. The predicted molar refractivity (Wildman–Crippen MR) is 113 cm³/mol. The molecule has 0 radical (unpaired) electrons. The summed E-state index contributed by atoms with van der Waals surface area (Å²) >= 11 is 3.22. The molecule has 2 heterocycles. The number of thiazole rings is 1. The molecule has 4 rings (SSSR count). The lowest BCUT2D eigenvalue weighted by atomic mass is 10.2. The fraction of sp³-hybridized carbons (Fsp3) is 0.238. The second-order valence-electron chi connectivity index (χ2n) is 6.57. The molecule has 1 aliphatic rings. The number of allylic oxidation sites excluding steroid dienone is 1. The van der Waals surface area contributed by atoms with E-state index in [1.165, 1.54) is 11.3 Å². The molecule has 0 unspecified atom stereocenters. The number of benzene rings is 2. The highest BCUT2D eigenvalue weighted by Gasteiger charge is 2.17. The lowest BCUT2D eigenvalue weighted by Gasteiger charge is -2.05. The van der Waals surface area contributed by atoms with Crippen LogP contribution in [0.1, 0.15) is 24.2 Å². The van der Waals surface area contributed by atoms with Gasteiger partial charge in [-0.25, -0.2) is 0 Å². The van der Waals surface area contributed by atoms with Crippen molar-refractivity contribution in [3.05, 3.63) is 59.4 Å². The average molecular weight is 413 g/mol. The molecule has 5 nitrogen and oxygen atoms in total. The molecule has 0 aliphatic carbocycles. The molecule has 0 saturated heterocycles. The highest BCUT2D eigenvalue weighted by molar-refractivity contribution is 7.99. The Bertz CT molecular complexity index is 1110. The van der Waals surface area contributed by atoms with Gasteiger partial charge >= 0.3 is 0 Å². The number of ether oxygens (including phenoxy) is 2. The van der Waals surface area contributed by atoms with Gasteiger partial charge in [-0.2, -0.15) is 4.99 Å². The second kappa shape index (κ2) is 7.85. The van der Waals surface area contributed by atoms with Crippen LogP contribution in [0.15, 0.2) is 58.9 Å². The quantitative estimate of drug-likeness (QED) is 0.444. The number of aromatic nitrogens is 1. The maximum Gasteiger partial charge on any atom is 0.279 e. The van der Waals surface area contributed by atoms with Crippen molar-refractivity contribution in [3.8, 4) is 11.5 Å². The number of hydrogen-bond acceptors (Lipinski definition) is 5. The fourth-order valence-electron chi connectivity index (χ4n) is 2.95. The molecule has 0 saturated carbocycles. The van der Waals surface area contributed by atoms with E-state index in [1.54, 1.807) is 17.8 Å². The van der Waals surface area contributed by atoms with Gasteiger partial charge in [0.2, 0.25) is 6.79 Å². The summed E-state index contributed by atoms with van der Waals surface area (Å²) in [5.41, 5.74) is 1.52. The smallest absolute Gasteiger partial charge is 0.279 e. The number of thioether (sulfide) groups is 1. The normalized spacial score (nSPS) is 13.5. The standard InChI is InChI=1S/C21H20N2O3S2/c1-4-9-23-16-10-17-18(26-12-25-17)11-19(16)28-21(23)22-20(24)14-5-7-15(8-6-14)27-13(2)3/h4-8,10-11,13H,1,9,12H2,2-3H3. The van der Waals surface area contributed by atoms with Crippen LogP contribution in [0, 0.1) is 0 Å². The summed E-state index contributed by atoms with van der Waals surface area (Å²) in [5, 5.41) is 0.497. The van der Waals surface area contributed by atoms with Crippen LogP contribution in [-0.2, 0) is 6.54 Å². The molecule has 0 N–H and O–H groups in total. The summed E-state index contributed by atoms with van der Waals surface area (Å²) in [6, 6.07) is 11.5. The molecule has 0 bridgehead atoms. The van der Waals surface area contributed by atoms with Gasteiger partial charge in [-0.15, -0.1) is 18.3 Å². The molecule has 28 heavy (non-hydrogen) atoms. The van der Waals surface area contributed by atoms with E-state index in [9.17, 15) is 4.79 Å². The first-order valence-corrected chi connectivity index (χ1v) is 10.6. The van der Waals surface area contributed by atoms with E-state index < -0.39 is 0 Å². The van der Waals surface area contributed by atoms with Crippen LogP contribution < -0.4 is 14.3 Å². The fourth-order valence-corrected chi connectivity index (χ4v) is 4.84. The van der Waals surface area contributed by atoms with E-state index in [0.29, 0.717) is 27.9 Å². The summed E-state index contributed by atoms with van der Waals surface area (Å²) in [5.74, 6) is 1.17. The third-order valence-electron chi connectivity index (χ3n) is 4.16. The lowest BCUT2D eigenvalue weighted by molar-refractivity contribution is 0.0998. The van der Waals surface area contributed by atoms with E-state index in [1.807, 2.05) is 41.0 Å². The zero-order valence-corrected chi connectivity index (χ0v) is 17.3. The molecular weight excluding hydrogens is 392 g/mol. The van der Waals surface area contributed by atoms with Crippen LogP contribution in [0.4, 0.5) is 0 Å². The Hall–Kier alpha value is -2.51.